The Morgan fingerprint density at radius 1 is 1.12 bits per heavy atom. The number of nitrogens with one attached hydrogen (secondary N) is 1. The van der Waals surface area contributed by atoms with E-state index in [-0.39, 0.29) is 6.04 Å². The molecule has 1 aromatic heterocycles. The zero-order valence-corrected chi connectivity index (χ0v) is 14.3. The minimum absolute atomic E-state index is 0.353. The number of hydrogen-bond donors (Lipinski definition) is 2. The molecule has 0 bridgehead atoms. The maximum atomic E-state index is 11.0. The number of thiazole rings is 1. The Bertz CT molecular complexity index is 789. The number of hydrogen-bond acceptors (Lipinski definition) is 4. The van der Waals surface area contributed by atoms with Gasteiger partial charge in [-0.2, -0.15) is 0 Å². The maximum absolute atomic E-state index is 11.0. The van der Waals surface area contributed by atoms with Gasteiger partial charge in [0, 0.05) is 11.6 Å². The van der Waals surface area contributed by atoms with E-state index in [1.54, 1.807) is 6.20 Å². The fourth-order valence-electron chi connectivity index (χ4n) is 2.45. The second-order valence-electron chi connectivity index (χ2n) is 5.49. The molecule has 6 heteroatoms. The van der Waals surface area contributed by atoms with E-state index in [1.807, 2.05) is 60.0 Å². The summed E-state index contributed by atoms with van der Waals surface area (Å²) in [6.45, 7) is 0.516. The highest BCUT2D eigenvalue weighted by atomic mass is 32.1. The van der Waals surface area contributed by atoms with Crippen LogP contribution in [0.1, 0.15) is 22.2 Å². The van der Waals surface area contributed by atoms with Gasteiger partial charge in [-0.3, -0.25) is 0 Å². The van der Waals surface area contributed by atoms with Crippen molar-refractivity contribution in [1.29, 1.82) is 0 Å². The molecule has 0 aliphatic carbocycles. The topological polar surface area (TPSA) is 71.5 Å². The van der Waals surface area contributed by atoms with Crippen molar-refractivity contribution in [2.24, 2.45) is 0 Å². The van der Waals surface area contributed by atoms with E-state index in [2.05, 4.69) is 10.3 Å². The van der Waals surface area contributed by atoms with E-state index in [4.69, 9.17) is 9.84 Å². The summed E-state index contributed by atoms with van der Waals surface area (Å²) in [6.07, 6.45) is 1.17. The Morgan fingerprint density at radius 2 is 1.88 bits per heavy atom. The van der Waals surface area contributed by atoms with E-state index >= 15 is 0 Å². The van der Waals surface area contributed by atoms with Crippen LogP contribution in [-0.4, -0.2) is 16.2 Å². The fourth-order valence-corrected chi connectivity index (χ4v) is 3.14. The molecule has 5 nitrogen and oxygen atoms in total. The van der Waals surface area contributed by atoms with E-state index in [0.29, 0.717) is 13.0 Å². The first-order valence-electron chi connectivity index (χ1n) is 7.85. The first-order valence-corrected chi connectivity index (χ1v) is 8.73. The number of amides is 1. The summed E-state index contributed by atoms with van der Waals surface area (Å²) in [5, 5.41) is 14.2. The van der Waals surface area contributed by atoms with Gasteiger partial charge < -0.3 is 15.2 Å². The van der Waals surface area contributed by atoms with Crippen molar-refractivity contribution in [3.8, 4) is 5.75 Å². The molecule has 0 saturated heterocycles. The number of rotatable bonds is 7. The van der Waals surface area contributed by atoms with E-state index in [1.165, 1.54) is 11.3 Å². The predicted molar refractivity (Wildman–Crippen MR) is 96.9 cm³/mol. The van der Waals surface area contributed by atoms with Crippen molar-refractivity contribution in [3.63, 3.8) is 0 Å². The third-order valence-electron chi connectivity index (χ3n) is 3.66. The van der Waals surface area contributed by atoms with Crippen molar-refractivity contribution in [1.82, 2.24) is 10.3 Å². The van der Waals surface area contributed by atoms with Crippen LogP contribution in [0.15, 0.2) is 66.2 Å². The van der Waals surface area contributed by atoms with Crippen LogP contribution in [0.2, 0.25) is 0 Å². The second-order valence-corrected chi connectivity index (χ2v) is 6.42. The van der Waals surface area contributed by atoms with E-state index in [9.17, 15) is 4.79 Å². The molecule has 0 unspecified atom stereocenters. The molecule has 0 radical (unpaired) electrons. The van der Waals surface area contributed by atoms with Crippen LogP contribution in [0.4, 0.5) is 4.79 Å². The number of carboxylic acid groups (broad SMARTS) is 1. The summed E-state index contributed by atoms with van der Waals surface area (Å²) in [5.41, 5.74) is 2.13. The summed E-state index contributed by atoms with van der Waals surface area (Å²) in [4.78, 5) is 15.2. The third-order valence-corrected chi connectivity index (χ3v) is 4.55. The largest absolute Gasteiger partial charge is 0.489 e. The quantitative estimate of drug-likeness (QED) is 0.664. The molecule has 1 heterocycles. The highest BCUT2D eigenvalue weighted by Gasteiger charge is 2.17. The molecule has 0 saturated carbocycles. The van der Waals surface area contributed by atoms with Crippen LogP contribution < -0.4 is 10.1 Å². The molecule has 2 N–H and O–H groups in total. The van der Waals surface area contributed by atoms with Crippen LogP contribution in [0.5, 0.6) is 5.75 Å². The van der Waals surface area contributed by atoms with Crippen molar-refractivity contribution >= 4 is 17.4 Å². The molecule has 0 fully saturated rings. The summed E-state index contributed by atoms with van der Waals surface area (Å²) in [7, 11) is 0. The molecule has 1 atom stereocenters. The number of ether oxygens (including phenoxy) is 1. The molecule has 0 spiro atoms. The Hall–Kier alpha value is -2.86. The van der Waals surface area contributed by atoms with Gasteiger partial charge in [0.05, 0.1) is 6.04 Å². The molecule has 25 heavy (non-hydrogen) atoms. The van der Waals surface area contributed by atoms with Crippen LogP contribution in [0.3, 0.4) is 0 Å². The third kappa shape index (κ3) is 5.06. The summed E-state index contributed by atoms with van der Waals surface area (Å²) in [5.74, 6) is 0.782. The van der Waals surface area contributed by atoms with Crippen LogP contribution >= 0.6 is 11.3 Å². The zero-order chi connectivity index (χ0) is 17.5. The predicted octanol–water partition coefficient (Wildman–Crippen LogP) is 4.27. The Kier molecular flexibility index (Phi) is 5.64. The Morgan fingerprint density at radius 3 is 2.52 bits per heavy atom. The number of nitrogens with zero attached hydrogens (tertiary/aromatic N) is 1. The molecule has 1 amide bonds. The van der Waals surface area contributed by atoms with E-state index < -0.39 is 6.09 Å². The minimum Gasteiger partial charge on any atom is -0.489 e. The molecular formula is C19H18N2O3S. The number of carbonyl (C=O) groups is 1. The molecule has 3 aromatic rings. The van der Waals surface area contributed by atoms with Gasteiger partial charge >= 0.3 is 6.09 Å². The smallest absolute Gasteiger partial charge is 0.405 e. The first-order chi connectivity index (χ1) is 12.2. The van der Waals surface area contributed by atoms with Crippen molar-refractivity contribution in [3.05, 3.63) is 82.3 Å². The summed E-state index contributed by atoms with van der Waals surface area (Å²) < 4.78 is 5.77. The summed E-state index contributed by atoms with van der Waals surface area (Å²) >= 11 is 1.44. The first kappa shape index (κ1) is 17.0. The van der Waals surface area contributed by atoms with Crippen molar-refractivity contribution in [2.45, 2.75) is 19.1 Å². The molecule has 3 rings (SSSR count). The molecule has 2 aromatic carbocycles. The minimum atomic E-state index is -1.05. The maximum Gasteiger partial charge on any atom is 0.405 e. The highest BCUT2D eigenvalue weighted by molar-refractivity contribution is 7.09. The fraction of sp³-hybridized carbons (Fsp3) is 0.158. The van der Waals surface area contributed by atoms with Crippen LogP contribution in [0, 0.1) is 0 Å². The Balaban J connectivity index is 1.62. The molecule has 0 aliphatic rings. The number of aromatic nitrogens is 1. The van der Waals surface area contributed by atoms with Crippen molar-refractivity contribution < 1.29 is 14.6 Å². The zero-order valence-electron chi connectivity index (χ0n) is 13.5. The average molecular weight is 354 g/mol. The van der Waals surface area contributed by atoms with Gasteiger partial charge in [0.15, 0.2) is 0 Å². The number of benzene rings is 2. The standard InChI is InChI=1S/C19H18N2O3S/c22-19(23)21-17(18-20-10-11-25-18)12-14-6-8-16(9-7-14)24-13-15-4-2-1-3-5-15/h1-11,17,21H,12-13H2,(H,22,23)/t17-/m0/s1. The van der Waals surface area contributed by atoms with Gasteiger partial charge in [0.1, 0.15) is 17.4 Å². The van der Waals surface area contributed by atoms with Gasteiger partial charge in [-0.25, -0.2) is 9.78 Å². The van der Waals surface area contributed by atoms with Gasteiger partial charge in [-0.1, -0.05) is 42.5 Å². The van der Waals surface area contributed by atoms with Gasteiger partial charge in [0.25, 0.3) is 0 Å². The highest BCUT2D eigenvalue weighted by Crippen LogP contribution is 2.22. The molecule has 0 aliphatic heterocycles. The average Bonchev–Trinajstić information content (AvgIpc) is 3.16. The Labute approximate surface area is 149 Å². The lowest BCUT2D eigenvalue weighted by molar-refractivity contribution is 0.189. The lowest BCUT2D eigenvalue weighted by Gasteiger charge is -2.15. The van der Waals surface area contributed by atoms with Gasteiger partial charge in [-0.05, 0) is 29.7 Å². The summed E-state index contributed by atoms with van der Waals surface area (Å²) in [6, 6.07) is 17.3. The lowest BCUT2D eigenvalue weighted by atomic mass is 10.1. The van der Waals surface area contributed by atoms with E-state index in [0.717, 1.165) is 21.9 Å². The van der Waals surface area contributed by atoms with Crippen LogP contribution in [0.25, 0.3) is 0 Å². The van der Waals surface area contributed by atoms with Crippen molar-refractivity contribution in [2.75, 3.05) is 0 Å². The van der Waals surface area contributed by atoms with Crippen LogP contribution in [-0.2, 0) is 13.0 Å². The van der Waals surface area contributed by atoms with Gasteiger partial charge in [-0.15, -0.1) is 11.3 Å². The van der Waals surface area contributed by atoms with Gasteiger partial charge in [0.2, 0.25) is 0 Å². The second kappa shape index (κ2) is 8.30. The molecule has 128 valence electrons. The SMILES string of the molecule is O=C(O)N[C@@H](Cc1ccc(OCc2ccccc2)cc1)c1nccs1. The monoisotopic (exact) mass is 354 g/mol. The molecular weight excluding hydrogens is 336 g/mol. The normalized spacial score (nSPS) is 11.7. The lowest BCUT2D eigenvalue weighted by Crippen LogP contribution is -2.28.